The van der Waals surface area contributed by atoms with Gasteiger partial charge < -0.3 is 11.1 Å². The van der Waals surface area contributed by atoms with Crippen LogP contribution in [-0.2, 0) is 0 Å². The Bertz CT molecular complexity index is 209. The van der Waals surface area contributed by atoms with Crippen molar-refractivity contribution < 1.29 is 0 Å². The van der Waals surface area contributed by atoms with Crippen molar-refractivity contribution in [3.8, 4) is 0 Å². The van der Waals surface area contributed by atoms with Gasteiger partial charge in [-0.05, 0) is 62.8 Å². The van der Waals surface area contributed by atoms with Gasteiger partial charge in [-0.15, -0.1) is 0 Å². The van der Waals surface area contributed by atoms with E-state index in [4.69, 9.17) is 5.73 Å². The van der Waals surface area contributed by atoms with Gasteiger partial charge in [0.15, 0.2) is 0 Å². The SMILES string of the molecule is NC1CCCC1CNC(C1CC1)C1CC1. The van der Waals surface area contributed by atoms with E-state index in [1.165, 1.54) is 51.5 Å². The fourth-order valence-electron chi connectivity index (χ4n) is 3.24. The lowest BCUT2D eigenvalue weighted by atomic mass is 10.0. The molecular weight excluding hydrogens is 184 g/mol. The van der Waals surface area contributed by atoms with E-state index in [-0.39, 0.29) is 0 Å². The van der Waals surface area contributed by atoms with Crippen molar-refractivity contribution in [1.29, 1.82) is 0 Å². The number of nitrogens with one attached hydrogen (secondary N) is 1. The maximum absolute atomic E-state index is 6.11. The topological polar surface area (TPSA) is 38.0 Å². The Hall–Kier alpha value is -0.0800. The lowest BCUT2D eigenvalue weighted by Crippen LogP contribution is -2.40. The average Bonchev–Trinajstić information content (AvgIpc) is 3.11. The summed E-state index contributed by atoms with van der Waals surface area (Å²) in [6.45, 7) is 1.19. The van der Waals surface area contributed by atoms with E-state index in [9.17, 15) is 0 Å². The van der Waals surface area contributed by atoms with Gasteiger partial charge in [0.2, 0.25) is 0 Å². The second-order valence-electron chi connectivity index (χ2n) is 5.96. The second kappa shape index (κ2) is 4.06. The fourth-order valence-corrected chi connectivity index (χ4v) is 3.24. The molecule has 0 bridgehead atoms. The van der Waals surface area contributed by atoms with Crippen LogP contribution >= 0.6 is 0 Å². The molecule has 2 heteroatoms. The molecule has 3 aliphatic carbocycles. The van der Waals surface area contributed by atoms with E-state index < -0.39 is 0 Å². The van der Waals surface area contributed by atoms with E-state index in [0.29, 0.717) is 6.04 Å². The zero-order valence-electron chi connectivity index (χ0n) is 9.62. The van der Waals surface area contributed by atoms with Crippen LogP contribution in [0.4, 0.5) is 0 Å². The van der Waals surface area contributed by atoms with Crippen molar-refractivity contribution in [3.05, 3.63) is 0 Å². The number of nitrogens with two attached hydrogens (primary N) is 1. The minimum Gasteiger partial charge on any atom is -0.327 e. The van der Waals surface area contributed by atoms with Gasteiger partial charge in [-0.3, -0.25) is 0 Å². The summed E-state index contributed by atoms with van der Waals surface area (Å²) in [6, 6.07) is 1.34. The third-order valence-electron chi connectivity index (χ3n) is 4.59. The van der Waals surface area contributed by atoms with Crippen LogP contribution in [0.3, 0.4) is 0 Å². The summed E-state index contributed by atoms with van der Waals surface area (Å²) in [4.78, 5) is 0. The summed E-state index contributed by atoms with van der Waals surface area (Å²) in [7, 11) is 0. The van der Waals surface area contributed by atoms with Crippen molar-refractivity contribution in [3.63, 3.8) is 0 Å². The first kappa shape index (κ1) is 10.1. The Morgan fingerprint density at radius 1 is 1.00 bits per heavy atom. The summed E-state index contributed by atoms with van der Waals surface area (Å²) >= 11 is 0. The average molecular weight is 208 g/mol. The van der Waals surface area contributed by atoms with Crippen molar-refractivity contribution in [2.75, 3.05) is 6.54 Å². The molecule has 0 aromatic carbocycles. The first-order valence-corrected chi connectivity index (χ1v) is 6.83. The van der Waals surface area contributed by atoms with Gasteiger partial charge in [0.1, 0.15) is 0 Å². The zero-order chi connectivity index (χ0) is 10.3. The van der Waals surface area contributed by atoms with E-state index in [1.54, 1.807) is 0 Å². The van der Waals surface area contributed by atoms with Gasteiger partial charge in [-0.1, -0.05) is 6.42 Å². The lowest BCUT2D eigenvalue weighted by Gasteiger charge is -2.22. The van der Waals surface area contributed by atoms with Crippen LogP contribution in [0.25, 0.3) is 0 Å². The van der Waals surface area contributed by atoms with E-state index in [2.05, 4.69) is 5.32 Å². The summed E-state index contributed by atoms with van der Waals surface area (Å²) < 4.78 is 0. The summed E-state index contributed by atoms with van der Waals surface area (Å²) in [5, 5.41) is 3.84. The predicted octanol–water partition coefficient (Wildman–Crippen LogP) is 1.89. The Morgan fingerprint density at radius 2 is 1.67 bits per heavy atom. The standard InChI is InChI=1S/C13H24N2/c14-12-3-1-2-11(12)8-15-13(9-4-5-9)10-6-7-10/h9-13,15H,1-8,14H2. The molecule has 3 rings (SSSR count). The molecule has 3 saturated carbocycles. The minimum absolute atomic E-state index is 0.483. The molecule has 2 nitrogen and oxygen atoms in total. The first-order chi connectivity index (χ1) is 7.34. The monoisotopic (exact) mass is 208 g/mol. The van der Waals surface area contributed by atoms with Gasteiger partial charge in [-0.25, -0.2) is 0 Å². The molecule has 3 aliphatic rings. The highest BCUT2D eigenvalue weighted by Crippen LogP contribution is 2.44. The summed E-state index contributed by atoms with van der Waals surface area (Å²) in [5.74, 6) is 2.82. The van der Waals surface area contributed by atoms with E-state index in [1.807, 2.05) is 0 Å². The van der Waals surface area contributed by atoms with Crippen LogP contribution in [0, 0.1) is 17.8 Å². The minimum atomic E-state index is 0.483. The molecular formula is C13H24N2. The first-order valence-electron chi connectivity index (χ1n) is 6.83. The number of rotatable bonds is 5. The molecule has 0 aromatic heterocycles. The van der Waals surface area contributed by atoms with E-state index in [0.717, 1.165) is 23.8 Å². The molecule has 0 spiro atoms. The van der Waals surface area contributed by atoms with Crippen molar-refractivity contribution in [1.82, 2.24) is 5.32 Å². The van der Waals surface area contributed by atoms with Crippen LogP contribution in [0.2, 0.25) is 0 Å². The van der Waals surface area contributed by atoms with Crippen LogP contribution < -0.4 is 11.1 Å². The van der Waals surface area contributed by atoms with Gasteiger partial charge in [-0.2, -0.15) is 0 Å². The van der Waals surface area contributed by atoms with Crippen LogP contribution in [-0.4, -0.2) is 18.6 Å². The highest BCUT2D eigenvalue weighted by Gasteiger charge is 2.41. The maximum atomic E-state index is 6.11. The highest BCUT2D eigenvalue weighted by atomic mass is 15.0. The Kier molecular flexibility index (Phi) is 2.73. The van der Waals surface area contributed by atoms with Crippen LogP contribution in [0.5, 0.6) is 0 Å². The molecule has 0 saturated heterocycles. The Balaban J connectivity index is 1.46. The smallest absolute Gasteiger partial charge is 0.0124 e. The van der Waals surface area contributed by atoms with Gasteiger partial charge >= 0.3 is 0 Å². The largest absolute Gasteiger partial charge is 0.327 e. The summed E-state index contributed by atoms with van der Waals surface area (Å²) in [6.07, 6.45) is 9.87. The maximum Gasteiger partial charge on any atom is 0.0124 e. The molecule has 0 aliphatic heterocycles. The molecule has 0 aromatic rings. The summed E-state index contributed by atoms with van der Waals surface area (Å²) in [5.41, 5.74) is 6.11. The predicted molar refractivity (Wildman–Crippen MR) is 62.6 cm³/mol. The molecule has 3 N–H and O–H groups in total. The van der Waals surface area contributed by atoms with Gasteiger partial charge in [0.05, 0.1) is 0 Å². The molecule has 0 heterocycles. The Labute approximate surface area is 93.0 Å². The number of hydrogen-bond acceptors (Lipinski definition) is 2. The van der Waals surface area contributed by atoms with Crippen molar-refractivity contribution in [2.45, 2.75) is 57.0 Å². The van der Waals surface area contributed by atoms with Crippen molar-refractivity contribution in [2.24, 2.45) is 23.5 Å². The van der Waals surface area contributed by atoms with Crippen LogP contribution in [0.15, 0.2) is 0 Å². The third-order valence-corrected chi connectivity index (χ3v) is 4.59. The van der Waals surface area contributed by atoms with Crippen molar-refractivity contribution >= 4 is 0 Å². The molecule has 0 amide bonds. The third kappa shape index (κ3) is 2.36. The molecule has 0 radical (unpaired) electrons. The second-order valence-corrected chi connectivity index (χ2v) is 5.96. The Morgan fingerprint density at radius 3 is 2.13 bits per heavy atom. The fraction of sp³-hybridized carbons (Fsp3) is 1.00. The van der Waals surface area contributed by atoms with Gasteiger partial charge in [0, 0.05) is 12.1 Å². The van der Waals surface area contributed by atoms with E-state index >= 15 is 0 Å². The normalized spacial score (nSPS) is 36.4. The molecule has 2 atom stereocenters. The zero-order valence-corrected chi connectivity index (χ0v) is 9.62. The molecule has 2 unspecified atom stereocenters. The van der Waals surface area contributed by atoms with Crippen LogP contribution in [0.1, 0.15) is 44.9 Å². The highest BCUT2D eigenvalue weighted by molar-refractivity contribution is 4.97. The van der Waals surface area contributed by atoms with Gasteiger partial charge in [0.25, 0.3) is 0 Å². The number of hydrogen-bond donors (Lipinski definition) is 2. The molecule has 15 heavy (non-hydrogen) atoms. The lowest BCUT2D eigenvalue weighted by molar-refractivity contribution is 0.358. The quantitative estimate of drug-likeness (QED) is 0.724. The molecule has 86 valence electrons. The molecule has 3 fully saturated rings.